The molecule has 2 aromatic heterocycles. The third-order valence-electron chi connectivity index (χ3n) is 7.49. The molecule has 2 fully saturated rings. The van der Waals surface area contributed by atoms with Gasteiger partial charge in [0.1, 0.15) is 5.54 Å². The Bertz CT molecular complexity index is 1180. The number of thiophene rings is 1. The third kappa shape index (κ3) is 4.84. The number of nitrogens with one attached hydrogen (secondary N) is 1. The molecular formula is C28H34N4O2S. The maximum atomic E-state index is 13.8. The second kappa shape index (κ2) is 10.1. The molecule has 0 saturated carbocycles. The number of hydrogen-bond acceptors (Lipinski definition) is 5. The summed E-state index contributed by atoms with van der Waals surface area (Å²) in [6.07, 6.45) is 5.05. The lowest BCUT2D eigenvalue weighted by molar-refractivity contribution is -0.134. The molecule has 2 aliphatic rings. The van der Waals surface area contributed by atoms with E-state index in [0.717, 1.165) is 43.4 Å². The van der Waals surface area contributed by atoms with Gasteiger partial charge in [-0.1, -0.05) is 44.2 Å². The summed E-state index contributed by atoms with van der Waals surface area (Å²) in [5, 5.41) is 6.40. The van der Waals surface area contributed by atoms with Crippen LogP contribution in [0.1, 0.15) is 43.6 Å². The van der Waals surface area contributed by atoms with Crippen LogP contribution in [0, 0.1) is 11.8 Å². The molecule has 7 heteroatoms. The van der Waals surface area contributed by atoms with Crippen LogP contribution >= 0.6 is 11.3 Å². The van der Waals surface area contributed by atoms with E-state index in [9.17, 15) is 9.59 Å². The number of urea groups is 1. The molecule has 1 unspecified atom stereocenters. The Kier molecular flexibility index (Phi) is 6.89. The molecule has 2 aliphatic heterocycles. The smallest absolute Gasteiger partial charge is 0.323 e. The summed E-state index contributed by atoms with van der Waals surface area (Å²) in [6.45, 7) is 7.39. The number of carbonyl (C=O) groups is 2. The molecule has 0 radical (unpaired) electrons. The number of benzene rings is 1. The van der Waals surface area contributed by atoms with Gasteiger partial charge in [-0.15, -0.1) is 11.3 Å². The van der Waals surface area contributed by atoms with Crippen LogP contribution in [-0.2, 0) is 17.8 Å². The van der Waals surface area contributed by atoms with Gasteiger partial charge in [-0.2, -0.15) is 0 Å². The van der Waals surface area contributed by atoms with Crippen LogP contribution in [0.15, 0.2) is 54.0 Å². The van der Waals surface area contributed by atoms with E-state index in [1.165, 1.54) is 15.3 Å². The number of carbonyl (C=O) groups excluding carboxylic acids is 2. The Balaban J connectivity index is 1.28. The first-order chi connectivity index (χ1) is 17.0. The number of aromatic nitrogens is 1. The van der Waals surface area contributed by atoms with Crippen molar-refractivity contribution in [2.45, 2.75) is 51.6 Å². The van der Waals surface area contributed by atoms with Gasteiger partial charge < -0.3 is 5.32 Å². The molecule has 0 spiro atoms. The highest BCUT2D eigenvalue weighted by Crippen LogP contribution is 2.38. The van der Waals surface area contributed by atoms with Crippen LogP contribution < -0.4 is 5.32 Å². The minimum Gasteiger partial charge on any atom is -0.323 e. The van der Waals surface area contributed by atoms with Gasteiger partial charge in [-0.25, -0.2) is 4.79 Å². The van der Waals surface area contributed by atoms with Gasteiger partial charge in [0.05, 0.1) is 5.52 Å². The van der Waals surface area contributed by atoms with Gasteiger partial charge in [-0.3, -0.25) is 19.6 Å². The summed E-state index contributed by atoms with van der Waals surface area (Å²) < 4.78 is 0. The standard InChI is InChI=1S/C28H34N4O2S/c1-20(2)18-28(26(33)32(27(34)30-28)16-12-24-9-5-17-35-24)23-10-14-31(15-11-23)19-22-7-3-6-21-8-4-13-29-25(21)22/h3-9,13,17,20,23H,10-12,14-16,18-19H2,1-2H3,(H,30,34). The zero-order valence-corrected chi connectivity index (χ0v) is 21.4. The van der Waals surface area contributed by atoms with Crippen LogP contribution in [0.4, 0.5) is 4.79 Å². The summed E-state index contributed by atoms with van der Waals surface area (Å²) in [4.78, 5) is 36.5. The molecule has 0 bridgehead atoms. The summed E-state index contributed by atoms with van der Waals surface area (Å²) in [7, 11) is 0. The van der Waals surface area contributed by atoms with E-state index in [4.69, 9.17) is 0 Å². The van der Waals surface area contributed by atoms with E-state index in [1.54, 1.807) is 11.3 Å². The Hall–Kier alpha value is -2.77. The third-order valence-corrected chi connectivity index (χ3v) is 8.42. The second-order valence-corrected chi connectivity index (χ2v) is 11.4. The highest BCUT2D eigenvalue weighted by atomic mass is 32.1. The molecule has 1 atom stereocenters. The SMILES string of the molecule is CC(C)CC1(C2CCN(Cc3cccc4cccnc34)CC2)NC(=O)N(CCc2cccs2)C1=O. The maximum absolute atomic E-state index is 13.8. The van der Waals surface area contributed by atoms with Crippen LogP contribution in [0.25, 0.3) is 10.9 Å². The molecule has 35 heavy (non-hydrogen) atoms. The molecule has 6 nitrogen and oxygen atoms in total. The van der Waals surface area contributed by atoms with Crippen molar-refractivity contribution in [1.82, 2.24) is 20.1 Å². The fourth-order valence-corrected chi connectivity index (χ4v) is 6.57. The molecular weight excluding hydrogens is 456 g/mol. The van der Waals surface area contributed by atoms with Gasteiger partial charge >= 0.3 is 6.03 Å². The number of para-hydroxylation sites is 1. The predicted octanol–water partition coefficient (Wildman–Crippen LogP) is 5.09. The molecule has 2 saturated heterocycles. The number of amides is 3. The van der Waals surface area contributed by atoms with E-state index >= 15 is 0 Å². The number of piperidine rings is 1. The number of imide groups is 1. The molecule has 4 heterocycles. The normalized spacial score (nSPS) is 21.9. The van der Waals surface area contributed by atoms with E-state index in [2.05, 4.69) is 59.4 Å². The average Bonchev–Trinajstić information content (AvgIpc) is 3.45. The first kappa shape index (κ1) is 23.9. The lowest BCUT2D eigenvalue weighted by Crippen LogP contribution is -2.56. The fraction of sp³-hybridized carbons (Fsp3) is 0.464. The second-order valence-electron chi connectivity index (χ2n) is 10.3. The molecule has 184 valence electrons. The fourth-order valence-electron chi connectivity index (χ4n) is 5.87. The van der Waals surface area contributed by atoms with Crippen LogP contribution in [-0.4, -0.2) is 51.9 Å². The Labute approximate surface area is 211 Å². The molecule has 3 aromatic rings. The van der Waals surface area contributed by atoms with E-state index in [-0.39, 0.29) is 17.9 Å². The van der Waals surface area contributed by atoms with Crippen LogP contribution in [0.5, 0.6) is 0 Å². The average molecular weight is 491 g/mol. The number of fused-ring (bicyclic) bond motifs is 1. The maximum Gasteiger partial charge on any atom is 0.325 e. The lowest BCUT2D eigenvalue weighted by atomic mass is 9.73. The molecule has 1 aromatic carbocycles. The van der Waals surface area contributed by atoms with Gasteiger partial charge in [0.15, 0.2) is 0 Å². The van der Waals surface area contributed by atoms with Crippen LogP contribution in [0.3, 0.4) is 0 Å². The van der Waals surface area contributed by atoms with Crippen molar-refractivity contribution in [1.29, 1.82) is 0 Å². The predicted molar refractivity (Wildman–Crippen MR) is 140 cm³/mol. The monoisotopic (exact) mass is 490 g/mol. The summed E-state index contributed by atoms with van der Waals surface area (Å²) >= 11 is 1.67. The number of rotatable bonds is 8. The number of hydrogen-bond donors (Lipinski definition) is 1. The number of nitrogens with zero attached hydrogens (tertiary/aromatic N) is 3. The number of pyridine rings is 1. The Morgan fingerprint density at radius 1 is 1.11 bits per heavy atom. The first-order valence-corrected chi connectivity index (χ1v) is 13.6. The first-order valence-electron chi connectivity index (χ1n) is 12.7. The Morgan fingerprint density at radius 2 is 1.91 bits per heavy atom. The van der Waals surface area contributed by atoms with E-state index < -0.39 is 5.54 Å². The molecule has 0 aliphatic carbocycles. The van der Waals surface area contributed by atoms with Gasteiger partial charge in [0.2, 0.25) is 0 Å². The van der Waals surface area contributed by atoms with Crippen molar-refractivity contribution in [3.8, 4) is 0 Å². The zero-order chi connectivity index (χ0) is 24.4. The highest BCUT2D eigenvalue weighted by molar-refractivity contribution is 7.09. The van der Waals surface area contributed by atoms with Gasteiger partial charge in [-0.05, 0) is 73.7 Å². The molecule has 1 N–H and O–H groups in total. The van der Waals surface area contributed by atoms with Crippen molar-refractivity contribution in [3.63, 3.8) is 0 Å². The molecule has 3 amide bonds. The van der Waals surface area contributed by atoms with Gasteiger partial charge in [0, 0.05) is 29.5 Å². The van der Waals surface area contributed by atoms with E-state index in [0.29, 0.717) is 25.3 Å². The van der Waals surface area contributed by atoms with Crippen molar-refractivity contribution in [2.75, 3.05) is 19.6 Å². The summed E-state index contributed by atoms with van der Waals surface area (Å²) in [5.74, 6) is 0.440. The van der Waals surface area contributed by atoms with Crippen molar-refractivity contribution in [3.05, 3.63) is 64.5 Å². The van der Waals surface area contributed by atoms with Crippen LogP contribution in [0.2, 0.25) is 0 Å². The van der Waals surface area contributed by atoms with Crippen molar-refractivity contribution < 1.29 is 9.59 Å². The summed E-state index contributed by atoms with van der Waals surface area (Å²) in [6, 6.07) is 14.3. The summed E-state index contributed by atoms with van der Waals surface area (Å²) in [5.41, 5.74) is 1.52. The van der Waals surface area contributed by atoms with E-state index in [1.807, 2.05) is 23.7 Å². The Morgan fingerprint density at radius 3 is 2.66 bits per heavy atom. The zero-order valence-electron chi connectivity index (χ0n) is 20.6. The number of likely N-dealkylation sites (tertiary alicyclic amines) is 1. The highest BCUT2D eigenvalue weighted by Gasteiger charge is 2.55. The largest absolute Gasteiger partial charge is 0.325 e. The minimum atomic E-state index is -0.784. The van der Waals surface area contributed by atoms with Crippen molar-refractivity contribution in [2.24, 2.45) is 11.8 Å². The van der Waals surface area contributed by atoms with Gasteiger partial charge in [0.25, 0.3) is 5.91 Å². The topological polar surface area (TPSA) is 65.5 Å². The quantitative estimate of drug-likeness (QED) is 0.447. The lowest BCUT2D eigenvalue weighted by Gasteiger charge is -2.41. The minimum absolute atomic E-state index is 0.0236. The van der Waals surface area contributed by atoms with Crippen molar-refractivity contribution >= 4 is 34.2 Å². The molecule has 5 rings (SSSR count).